The molecule has 94 valence electrons. The van der Waals surface area contributed by atoms with Gasteiger partial charge in [0.2, 0.25) is 0 Å². The Morgan fingerprint density at radius 2 is 1.82 bits per heavy atom. The SMILES string of the molecule is CC(=O)C(C)NOS(=O)(=O)c1ccc(C)cc1. The molecule has 0 saturated heterocycles. The molecule has 5 nitrogen and oxygen atoms in total. The first-order valence-corrected chi connectivity index (χ1v) is 6.50. The third kappa shape index (κ3) is 3.92. The van der Waals surface area contributed by atoms with Gasteiger partial charge in [0.1, 0.15) is 5.78 Å². The molecule has 0 aliphatic carbocycles. The predicted molar refractivity (Wildman–Crippen MR) is 62.7 cm³/mol. The monoisotopic (exact) mass is 257 g/mol. The minimum Gasteiger partial charge on any atom is -0.298 e. The highest BCUT2D eigenvalue weighted by molar-refractivity contribution is 7.86. The molecular formula is C11H15NO4S. The summed E-state index contributed by atoms with van der Waals surface area (Å²) in [7, 11) is -3.87. The van der Waals surface area contributed by atoms with E-state index < -0.39 is 16.2 Å². The van der Waals surface area contributed by atoms with Gasteiger partial charge in [0.25, 0.3) is 0 Å². The topological polar surface area (TPSA) is 72.5 Å². The summed E-state index contributed by atoms with van der Waals surface area (Å²) < 4.78 is 27.9. The van der Waals surface area contributed by atoms with Gasteiger partial charge in [-0.25, -0.2) is 0 Å². The number of benzene rings is 1. The van der Waals surface area contributed by atoms with E-state index in [1.807, 2.05) is 6.92 Å². The van der Waals surface area contributed by atoms with Crippen LogP contribution >= 0.6 is 0 Å². The fourth-order valence-corrected chi connectivity index (χ4v) is 1.81. The van der Waals surface area contributed by atoms with Crippen LogP contribution in [-0.2, 0) is 19.2 Å². The number of ketones is 1. The van der Waals surface area contributed by atoms with Gasteiger partial charge in [-0.15, -0.1) is 0 Å². The number of carbonyl (C=O) groups excluding carboxylic acids is 1. The van der Waals surface area contributed by atoms with Crippen LogP contribution < -0.4 is 5.48 Å². The molecule has 1 N–H and O–H groups in total. The zero-order valence-corrected chi connectivity index (χ0v) is 10.7. The van der Waals surface area contributed by atoms with Crippen LogP contribution in [0.5, 0.6) is 0 Å². The van der Waals surface area contributed by atoms with Gasteiger partial charge in [-0.3, -0.25) is 4.79 Å². The van der Waals surface area contributed by atoms with Gasteiger partial charge in [-0.1, -0.05) is 17.7 Å². The van der Waals surface area contributed by atoms with E-state index in [-0.39, 0.29) is 10.7 Å². The largest absolute Gasteiger partial charge is 0.312 e. The quantitative estimate of drug-likeness (QED) is 0.802. The molecule has 1 unspecified atom stereocenters. The number of aryl methyl sites for hydroxylation is 1. The van der Waals surface area contributed by atoms with Crippen LogP contribution in [0.4, 0.5) is 0 Å². The van der Waals surface area contributed by atoms with Crippen LogP contribution in [0, 0.1) is 6.92 Å². The lowest BCUT2D eigenvalue weighted by Gasteiger charge is -2.10. The van der Waals surface area contributed by atoms with Crippen molar-refractivity contribution >= 4 is 15.9 Å². The van der Waals surface area contributed by atoms with Gasteiger partial charge in [0, 0.05) is 0 Å². The molecule has 1 rings (SSSR count). The van der Waals surface area contributed by atoms with Crippen molar-refractivity contribution in [2.24, 2.45) is 0 Å². The number of rotatable bonds is 5. The van der Waals surface area contributed by atoms with E-state index in [1.165, 1.54) is 26.0 Å². The molecule has 0 bridgehead atoms. The summed E-state index contributed by atoms with van der Waals surface area (Å²) >= 11 is 0. The van der Waals surface area contributed by atoms with Crippen LogP contribution in [0.3, 0.4) is 0 Å². The fourth-order valence-electron chi connectivity index (χ4n) is 0.972. The fraction of sp³-hybridized carbons (Fsp3) is 0.364. The summed E-state index contributed by atoms with van der Waals surface area (Å²) in [6.07, 6.45) is 0. The summed E-state index contributed by atoms with van der Waals surface area (Å²) in [5.74, 6) is -0.205. The highest BCUT2D eigenvalue weighted by Gasteiger charge is 2.17. The van der Waals surface area contributed by atoms with Crippen molar-refractivity contribution in [1.82, 2.24) is 5.48 Å². The summed E-state index contributed by atoms with van der Waals surface area (Å²) in [4.78, 5) is 11.0. The zero-order chi connectivity index (χ0) is 13.1. The molecule has 1 aromatic carbocycles. The number of hydrogen-bond donors (Lipinski definition) is 1. The lowest BCUT2D eigenvalue weighted by molar-refractivity contribution is -0.120. The molecule has 0 aliphatic rings. The van der Waals surface area contributed by atoms with Crippen molar-refractivity contribution in [3.63, 3.8) is 0 Å². The van der Waals surface area contributed by atoms with E-state index in [4.69, 9.17) is 0 Å². The first kappa shape index (κ1) is 13.8. The van der Waals surface area contributed by atoms with Crippen LogP contribution in [0.15, 0.2) is 29.2 Å². The molecule has 0 radical (unpaired) electrons. The molecule has 6 heteroatoms. The summed E-state index contributed by atoms with van der Waals surface area (Å²) in [6, 6.07) is 5.57. The Balaban J connectivity index is 2.76. The summed E-state index contributed by atoms with van der Waals surface area (Å²) in [5.41, 5.74) is 3.15. The highest BCUT2D eigenvalue weighted by atomic mass is 32.2. The maximum atomic E-state index is 11.7. The van der Waals surface area contributed by atoms with E-state index >= 15 is 0 Å². The number of carbonyl (C=O) groups is 1. The van der Waals surface area contributed by atoms with E-state index in [0.29, 0.717) is 0 Å². The van der Waals surface area contributed by atoms with Crippen molar-refractivity contribution in [2.45, 2.75) is 31.7 Å². The van der Waals surface area contributed by atoms with Gasteiger partial charge in [0.15, 0.2) is 0 Å². The molecule has 0 heterocycles. The average molecular weight is 257 g/mol. The minimum absolute atomic E-state index is 0.0475. The number of hydrogen-bond acceptors (Lipinski definition) is 5. The van der Waals surface area contributed by atoms with Crippen molar-refractivity contribution < 1.29 is 17.5 Å². The number of nitrogens with one attached hydrogen (secondary N) is 1. The Kier molecular flexibility index (Phi) is 4.39. The van der Waals surface area contributed by atoms with Crippen molar-refractivity contribution in [3.05, 3.63) is 29.8 Å². The van der Waals surface area contributed by atoms with Crippen molar-refractivity contribution in [2.75, 3.05) is 0 Å². The van der Waals surface area contributed by atoms with Crippen LogP contribution in [0.25, 0.3) is 0 Å². The third-order valence-electron chi connectivity index (χ3n) is 2.25. The highest BCUT2D eigenvalue weighted by Crippen LogP contribution is 2.12. The standard InChI is InChI=1S/C11H15NO4S/c1-8-4-6-11(7-5-8)17(14,15)16-12-9(2)10(3)13/h4-7,9,12H,1-3H3. The second-order valence-electron chi connectivity index (χ2n) is 3.80. The van der Waals surface area contributed by atoms with Gasteiger partial charge >= 0.3 is 10.1 Å². The van der Waals surface area contributed by atoms with E-state index in [0.717, 1.165) is 5.56 Å². The van der Waals surface area contributed by atoms with Crippen molar-refractivity contribution in [3.8, 4) is 0 Å². The van der Waals surface area contributed by atoms with E-state index in [1.54, 1.807) is 12.1 Å². The Morgan fingerprint density at radius 3 is 2.29 bits per heavy atom. The van der Waals surface area contributed by atoms with Gasteiger partial charge in [0.05, 0.1) is 10.9 Å². The number of Topliss-reactive ketones (excluding diaryl/α,β-unsaturated/α-hetero) is 1. The average Bonchev–Trinajstić information content (AvgIpc) is 2.26. The lowest BCUT2D eigenvalue weighted by atomic mass is 10.2. The molecule has 0 saturated carbocycles. The van der Waals surface area contributed by atoms with Gasteiger partial charge in [-0.05, 0) is 32.9 Å². The Labute approximate surface area is 101 Å². The minimum atomic E-state index is -3.87. The van der Waals surface area contributed by atoms with Crippen LogP contribution in [0.2, 0.25) is 0 Å². The Morgan fingerprint density at radius 1 is 1.29 bits per heavy atom. The Hall–Kier alpha value is -1.24. The summed E-state index contributed by atoms with van der Waals surface area (Å²) in [5, 5.41) is 0. The molecular weight excluding hydrogens is 242 g/mol. The normalized spacial score (nSPS) is 13.4. The first-order valence-electron chi connectivity index (χ1n) is 5.09. The number of hydroxylamine groups is 1. The predicted octanol–water partition coefficient (Wildman–Crippen LogP) is 1.18. The summed E-state index contributed by atoms with van der Waals surface area (Å²) in [6.45, 7) is 4.72. The molecule has 0 fully saturated rings. The lowest BCUT2D eigenvalue weighted by Crippen LogP contribution is -2.34. The molecule has 17 heavy (non-hydrogen) atoms. The zero-order valence-electron chi connectivity index (χ0n) is 9.93. The van der Waals surface area contributed by atoms with Crippen LogP contribution in [-0.4, -0.2) is 20.2 Å². The van der Waals surface area contributed by atoms with Crippen molar-refractivity contribution in [1.29, 1.82) is 0 Å². The van der Waals surface area contributed by atoms with Gasteiger partial charge < -0.3 is 0 Å². The van der Waals surface area contributed by atoms with Crippen LogP contribution in [0.1, 0.15) is 19.4 Å². The smallest absolute Gasteiger partial charge is 0.298 e. The Bertz CT molecular complexity index is 493. The van der Waals surface area contributed by atoms with E-state index in [9.17, 15) is 13.2 Å². The molecule has 1 atom stereocenters. The van der Waals surface area contributed by atoms with Gasteiger partial charge in [-0.2, -0.15) is 18.2 Å². The molecule has 1 aromatic rings. The molecule has 0 amide bonds. The molecule has 0 aliphatic heterocycles. The molecule has 0 aromatic heterocycles. The second-order valence-corrected chi connectivity index (χ2v) is 5.35. The van der Waals surface area contributed by atoms with E-state index in [2.05, 4.69) is 9.76 Å². The second kappa shape index (κ2) is 5.39. The first-order chi connectivity index (χ1) is 7.83. The maximum Gasteiger partial charge on any atom is 0.312 e. The molecule has 0 spiro atoms. The maximum absolute atomic E-state index is 11.7. The third-order valence-corrected chi connectivity index (χ3v) is 3.42.